The van der Waals surface area contributed by atoms with Crippen LogP contribution >= 0.6 is 0 Å². The molecule has 82 valence electrons. The molecule has 1 aliphatic carbocycles. The van der Waals surface area contributed by atoms with Crippen molar-refractivity contribution in [3.05, 3.63) is 0 Å². The monoisotopic (exact) mass is 197 g/mol. The van der Waals surface area contributed by atoms with Gasteiger partial charge in [-0.1, -0.05) is 6.92 Å². The SMILES string of the molecule is CC1CC(CCCN[C@@H]2CCOC2)C1. The van der Waals surface area contributed by atoms with Crippen LogP contribution < -0.4 is 5.32 Å². The lowest BCUT2D eigenvalue weighted by atomic mass is 9.74. The first-order valence-corrected chi connectivity index (χ1v) is 6.15. The van der Waals surface area contributed by atoms with Crippen molar-refractivity contribution in [1.29, 1.82) is 0 Å². The Bertz CT molecular complexity index is 160. The molecule has 14 heavy (non-hydrogen) atoms. The quantitative estimate of drug-likeness (QED) is 0.682. The normalized spacial score (nSPS) is 37.1. The summed E-state index contributed by atoms with van der Waals surface area (Å²) in [5.74, 6) is 2.06. The lowest BCUT2D eigenvalue weighted by Gasteiger charge is -2.32. The van der Waals surface area contributed by atoms with E-state index in [1.54, 1.807) is 0 Å². The summed E-state index contributed by atoms with van der Waals surface area (Å²) in [6.07, 6.45) is 6.96. The summed E-state index contributed by atoms with van der Waals surface area (Å²) in [5.41, 5.74) is 0. The molecule has 0 radical (unpaired) electrons. The average molecular weight is 197 g/mol. The van der Waals surface area contributed by atoms with Crippen molar-refractivity contribution in [3.63, 3.8) is 0 Å². The molecular weight excluding hydrogens is 174 g/mol. The maximum atomic E-state index is 5.32. The lowest BCUT2D eigenvalue weighted by Crippen LogP contribution is -2.30. The number of nitrogens with one attached hydrogen (secondary N) is 1. The minimum absolute atomic E-state index is 0.648. The molecule has 1 N–H and O–H groups in total. The van der Waals surface area contributed by atoms with E-state index in [9.17, 15) is 0 Å². The molecule has 0 aromatic carbocycles. The zero-order valence-corrected chi connectivity index (χ0v) is 9.30. The highest BCUT2D eigenvalue weighted by atomic mass is 16.5. The van der Waals surface area contributed by atoms with Crippen LogP contribution in [0.3, 0.4) is 0 Å². The van der Waals surface area contributed by atoms with E-state index in [0.717, 1.165) is 25.0 Å². The molecule has 1 heterocycles. The van der Waals surface area contributed by atoms with Gasteiger partial charge in [0.25, 0.3) is 0 Å². The van der Waals surface area contributed by atoms with Gasteiger partial charge in [0, 0.05) is 12.6 Å². The van der Waals surface area contributed by atoms with E-state index >= 15 is 0 Å². The summed E-state index contributed by atoms with van der Waals surface area (Å²) in [6, 6.07) is 0.648. The Kier molecular flexibility index (Phi) is 3.82. The highest BCUT2D eigenvalue weighted by Gasteiger charge is 2.24. The number of hydrogen-bond donors (Lipinski definition) is 1. The first kappa shape index (κ1) is 10.4. The third-order valence-electron chi connectivity index (χ3n) is 3.62. The van der Waals surface area contributed by atoms with Gasteiger partial charge in [-0.15, -0.1) is 0 Å². The summed E-state index contributed by atoms with van der Waals surface area (Å²) in [5, 5.41) is 3.57. The van der Waals surface area contributed by atoms with Crippen LogP contribution in [0.2, 0.25) is 0 Å². The first-order valence-electron chi connectivity index (χ1n) is 6.15. The van der Waals surface area contributed by atoms with E-state index in [-0.39, 0.29) is 0 Å². The lowest BCUT2D eigenvalue weighted by molar-refractivity contribution is 0.186. The van der Waals surface area contributed by atoms with Crippen molar-refractivity contribution in [1.82, 2.24) is 5.32 Å². The van der Waals surface area contributed by atoms with Crippen molar-refractivity contribution in [3.8, 4) is 0 Å². The van der Waals surface area contributed by atoms with E-state index < -0.39 is 0 Å². The van der Waals surface area contributed by atoms with Gasteiger partial charge in [-0.05, 0) is 50.5 Å². The zero-order valence-electron chi connectivity index (χ0n) is 9.30. The highest BCUT2D eigenvalue weighted by molar-refractivity contribution is 4.77. The molecule has 0 aromatic rings. The van der Waals surface area contributed by atoms with Crippen LogP contribution in [0.5, 0.6) is 0 Å². The van der Waals surface area contributed by atoms with Crippen LogP contribution in [-0.2, 0) is 4.74 Å². The fraction of sp³-hybridized carbons (Fsp3) is 1.00. The molecule has 2 fully saturated rings. The van der Waals surface area contributed by atoms with E-state index in [2.05, 4.69) is 12.2 Å². The molecule has 1 atom stereocenters. The summed E-state index contributed by atoms with van der Waals surface area (Å²) in [6.45, 7) is 5.45. The summed E-state index contributed by atoms with van der Waals surface area (Å²) in [4.78, 5) is 0. The summed E-state index contributed by atoms with van der Waals surface area (Å²) < 4.78 is 5.32. The predicted molar refractivity (Wildman–Crippen MR) is 58.3 cm³/mol. The molecule has 0 spiro atoms. The van der Waals surface area contributed by atoms with Crippen LogP contribution in [-0.4, -0.2) is 25.8 Å². The average Bonchev–Trinajstić information content (AvgIpc) is 2.61. The van der Waals surface area contributed by atoms with E-state index in [4.69, 9.17) is 4.74 Å². The molecular formula is C12H23NO. The Labute approximate surface area is 87.4 Å². The van der Waals surface area contributed by atoms with Crippen molar-refractivity contribution in [2.45, 2.75) is 45.1 Å². The molecule has 2 nitrogen and oxygen atoms in total. The third-order valence-corrected chi connectivity index (χ3v) is 3.62. The smallest absolute Gasteiger partial charge is 0.0620 e. The Balaban J connectivity index is 1.43. The van der Waals surface area contributed by atoms with Crippen molar-refractivity contribution in [2.24, 2.45) is 11.8 Å². The standard InChI is InChI=1S/C12H23NO/c1-10-7-11(8-10)3-2-5-13-12-4-6-14-9-12/h10-13H,2-9H2,1H3/t10?,11?,12-/m1/s1. The minimum Gasteiger partial charge on any atom is -0.380 e. The van der Waals surface area contributed by atoms with E-state index in [1.807, 2.05) is 0 Å². The Morgan fingerprint density at radius 2 is 2.21 bits per heavy atom. The highest BCUT2D eigenvalue weighted by Crippen LogP contribution is 2.35. The summed E-state index contributed by atoms with van der Waals surface area (Å²) >= 11 is 0. The van der Waals surface area contributed by atoms with Gasteiger partial charge in [0.1, 0.15) is 0 Å². The molecule has 0 bridgehead atoms. The predicted octanol–water partition coefficient (Wildman–Crippen LogP) is 2.19. The van der Waals surface area contributed by atoms with Crippen LogP contribution in [0.25, 0.3) is 0 Å². The van der Waals surface area contributed by atoms with Crippen LogP contribution in [0, 0.1) is 11.8 Å². The van der Waals surface area contributed by atoms with Crippen LogP contribution in [0.1, 0.15) is 39.0 Å². The molecule has 0 aromatic heterocycles. The van der Waals surface area contributed by atoms with Gasteiger partial charge in [-0.3, -0.25) is 0 Å². The second-order valence-electron chi connectivity index (χ2n) is 5.10. The number of ether oxygens (including phenoxy) is 1. The van der Waals surface area contributed by atoms with Gasteiger partial charge >= 0.3 is 0 Å². The number of hydrogen-bond acceptors (Lipinski definition) is 2. The van der Waals surface area contributed by atoms with Crippen molar-refractivity contribution >= 4 is 0 Å². The fourth-order valence-electron chi connectivity index (χ4n) is 2.70. The van der Waals surface area contributed by atoms with Crippen molar-refractivity contribution < 1.29 is 4.74 Å². The second kappa shape index (κ2) is 5.13. The van der Waals surface area contributed by atoms with Crippen molar-refractivity contribution in [2.75, 3.05) is 19.8 Å². The van der Waals surface area contributed by atoms with Gasteiger partial charge in [0.2, 0.25) is 0 Å². The summed E-state index contributed by atoms with van der Waals surface area (Å²) in [7, 11) is 0. The van der Waals surface area contributed by atoms with Gasteiger partial charge in [0.15, 0.2) is 0 Å². The first-order chi connectivity index (χ1) is 6.84. The molecule has 2 aliphatic rings. The second-order valence-corrected chi connectivity index (χ2v) is 5.10. The number of rotatable bonds is 5. The minimum atomic E-state index is 0.648. The Hall–Kier alpha value is -0.0800. The van der Waals surface area contributed by atoms with Gasteiger partial charge in [0.05, 0.1) is 6.61 Å². The van der Waals surface area contributed by atoms with E-state index in [1.165, 1.54) is 38.6 Å². The molecule has 2 heteroatoms. The van der Waals surface area contributed by atoms with E-state index in [0.29, 0.717) is 6.04 Å². The van der Waals surface area contributed by atoms with Gasteiger partial charge in [-0.2, -0.15) is 0 Å². The Morgan fingerprint density at radius 1 is 1.36 bits per heavy atom. The molecule has 0 unspecified atom stereocenters. The van der Waals surface area contributed by atoms with Gasteiger partial charge < -0.3 is 10.1 Å². The maximum Gasteiger partial charge on any atom is 0.0620 e. The maximum absolute atomic E-state index is 5.32. The molecule has 1 saturated heterocycles. The van der Waals surface area contributed by atoms with Crippen LogP contribution in [0.4, 0.5) is 0 Å². The molecule has 1 saturated carbocycles. The van der Waals surface area contributed by atoms with Gasteiger partial charge in [-0.25, -0.2) is 0 Å². The molecule has 0 amide bonds. The Morgan fingerprint density at radius 3 is 2.86 bits per heavy atom. The third kappa shape index (κ3) is 2.96. The largest absolute Gasteiger partial charge is 0.380 e. The fourth-order valence-corrected chi connectivity index (χ4v) is 2.70. The topological polar surface area (TPSA) is 21.3 Å². The molecule has 2 rings (SSSR count). The zero-order chi connectivity index (χ0) is 9.80. The van der Waals surface area contributed by atoms with Crippen LogP contribution in [0.15, 0.2) is 0 Å². The molecule has 1 aliphatic heterocycles.